The molecule has 0 aliphatic rings. The van der Waals surface area contributed by atoms with E-state index in [0.29, 0.717) is 0 Å². The third-order valence-corrected chi connectivity index (χ3v) is 3.56. The van der Waals surface area contributed by atoms with Crippen molar-refractivity contribution in [3.63, 3.8) is 0 Å². The van der Waals surface area contributed by atoms with Crippen LogP contribution >= 0.6 is 27.7 Å². The van der Waals surface area contributed by atoms with Gasteiger partial charge in [-0.25, -0.2) is 4.39 Å². The van der Waals surface area contributed by atoms with Gasteiger partial charge in [-0.3, -0.25) is 0 Å². The maximum atomic E-state index is 12.8. The normalized spacial score (nSPS) is 10.3. The van der Waals surface area contributed by atoms with Crippen LogP contribution in [0.2, 0.25) is 0 Å². The number of rotatable bonds is 6. The molecule has 1 aromatic carbocycles. The summed E-state index contributed by atoms with van der Waals surface area (Å²) in [5.41, 5.74) is 0.956. The van der Waals surface area contributed by atoms with Crippen LogP contribution < -0.4 is 5.32 Å². The van der Waals surface area contributed by atoms with E-state index in [4.69, 9.17) is 0 Å². The smallest absolute Gasteiger partial charge is 0.124 e. The molecule has 0 amide bonds. The number of hydrogen-bond acceptors (Lipinski definition) is 2. The average molecular weight is 292 g/mol. The van der Waals surface area contributed by atoms with Crippen molar-refractivity contribution in [2.45, 2.75) is 13.3 Å². The minimum Gasteiger partial charge on any atom is -0.384 e. The molecule has 0 spiro atoms. The van der Waals surface area contributed by atoms with Crippen molar-refractivity contribution in [3.05, 3.63) is 28.5 Å². The molecule has 1 nitrogen and oxygen atoms in total. The topological polar surface area (TPSA) is 12.0 Å². The number of anilines is 1. The SMILES string of the molecule is CCSCCCNc1ccc(F)cc1Br. The molecular weight excluding hydrogens is 277 g/mol. The Kier molecular flexibility index (Phi) is 6.10. The van der Waals surface area contributed by atoms with Crippen LogP contribution in [0.4, 0.5) is 10.1 Å². The van der Waals surface area contributed by atoms with E-state index in [1.165, 1.54) is 23.6 Å². The molecule has 0 aromatic heterocycles. The van der Waals surface area contributed by atoms with Crippen LogP contribution in [0, 0.1) is 5.82 Å². The summed E-state index contributed by atoms with van der Waals surface area (Å²) in [6, 6.07) is 4.70. The maximum Gasteiger partial charge on any atom is 0.124 e. The van der Waals surface area contributed by atoms with E-state index in [9.17, 15) is 4.39 Å². The standard InChI is InChI=1S/C11H15BrFNS/c1-2-15-7-3-6-14-11-5-4-9(13)8-10(11)12/h4-5,8,14H,2-3,6-7H2,1H3. The van der Waals surface area contributed by atoms with Crippen LogP contribution in [0.1, 0.15) is 13.3 Å². The lowest BCUT2D eigenvalue weighted by molar-refractivity contribution is 0.627. The van der Waals surface area contributed by atoms with Crippen LogP contribution in [0.3, 0.4) is 0 Å². The van der Waals surface area contributed by atoms with E-state index in [0.717, 1.165) is 23.1 Å². The van der Waals surface area contributed by atoms with Gasteiger partial charge < -0.3 is 5.32 Å². The van der Waals surface area contributed by atoms with Crippen molar-refractivity contribution in [1.29, 1.82) is 0 Å². The van der Waals surface area contributed by atoms with Gasteiger partial charge in [-0.1, -0.05) is 6.92 Å². The third-order valence-electron chi connectivity index (χ3n) is 1.92. The molecule has 0 aliphatic heterocycles. The number of hydrogen-bond donors (Lipinski definition) is 1. The number of benzene rings is 1. The van der Waals surface area contributed by atoms with Crippen LogP contribution in [0.5, 0.6) is 0 Å². The van der Waals surface area contributed by atoms with Gasteiger partial charge in [0.25, 0.3) is 0 Å². The molecule has 1 N–H and O–H groups in total. The highest BCUT2D eigenvalue weighted by molar-refractivity contribution is 9.10. The number of halogens is 2. The zero-order valence-corrected chi connectivity index (χ0v) is 11.1. The molecule has 0 bridgehead atoms. The average Bonchev–Trinajstić information content (AvgIpc) is 2.20. The first kappa shape index (κ1) is 12.8. The quantitative estimate of drug-likeness (QED) is 0.791. The fourth-order valence-corrected chi connectivity index (χ4v) is 2.30. The molecule has 1 aromatic rings. The molecule has 0 atom stereocenters. The summed E-state index contributed by atoms with van der Waals surface area (Å²) in [5, 5.41) is 3.27. The predicted octanol–water partition coefficient (Wildman–Crippen LogP) is 4.14. The van der Waals surface area contributed by atoms with E-state index in [2.05, 4.69) is 28.2 Å². The zero-order valence-electron chi connectivity index (χ0n) is 8.72. The predicted molar refractivity (Wildman–Crippen MR) is 70.2 cm³/mol. The Hall–Kier alpha value is -0.220. The summed E-state index contributed by atoms with van der Waals surface area (Å²) in [7, 11) is 0. The van der Waals surface area contributed by atoms with Gasteiger partial charge in [0.2, 0.25) is 0 Å². The van der Waals surface area contributed by atoms with E-state index in [1.54, 1.807) is 6.07 Å². The van der Waals surface area contributed by atoms with Crippen molar-refractivity contribution >= 4 is 33.4 Å². The Balaban J connectivity index is 2.31. The van der Waals surface area contributed by atoms with Gasteiger partial charge in [0.1, 0.15) is 5.82 Å². The molecule has 1 rings (SSSR count). The fraction of sp³-hybridized carbons (Fsp3) is 0.455. The largest absolute Gasteiger partial charge is 0.384 e. The summed E-state index contributed by atoms with van der Waals surface area (Å²) >= 11 is 5.26. The van der Waals surface area contributed by atoms with Gasteiger partial charge in [-0.05, 0) is 52.1 Å². The second-order valence-electron chi connectivity index (χ2n) is 3.10. The van der Waals surface area contributed by atoms with Crippen LogP contribution in [0.15, 0.2) is 22.7 Å². The first-order chi connectivity index (χ1) is 7.24. The molecule has 15 heavy (non-hydrogen) atoms. The second-order valence-corrected chi connectivity index (χ2v) is 5.35. The lowest BCUT2D eigenvalue weighted by Crippen LogP contribution is -2.03. The molecule has 0 unspecified atom stereocenters. The lowest BCUT2D eigenvalue weighted by atomic mass is 10.3. The summed E-state index contributed by atoms with van der Waals surface area (Å²) < 4.78 is 13.6. The molecule has 84 valence electrons. The van der Waals surface area contributed by atoms with Gasteiger partial charge in [-0.2, -0.15) is 11.8 Å². The highest BCUT2D eigenvalue weighted by atomic mass is 79.9. The second kappa shape index (κ2) is 7.12. The summed E-state index contributed by atoms with van der Waals surface area (Å²) in [4.78, 5) is 0. The zero-order chi connectivity index (χ0) is 11.1. The summed E-state index contributed by atoms with van der Waals surface area (Å²) in [6.45, 7) is 3.09. The van der Waals surface area contributed by atoms with Crippen molar-refractivity contribution in [2.24, 2.45) is 0 Å². The van der Waals surface area contributed by atoms with Crippen molar-refractivity contribution < 1.29 is 4.39 Å². The van der Waals surface area contributed by atoms with Crippen LogP contribution in [0.25, 0.3) is 0 Å². The molecule has 0 aliphatic carbocycles. The minimum absolute atomic E-state index is 0.214. The Morgan fingerprint density at radius 3 is 2.93 bits per heavy atom. The summed E-state index contributed by atoms with van der Waals surface area (Å²) in [6.07, 6.45) is 1.13. The minimum atomic E-state index is -0.214. The van der Waals surface area contributed by atoms with Crippen molar-refractivity contribution in [1.82, 2.24) is 0 Å². The fourth-order valence-electron chi connectivity index (χ4n) is 1.17. The Morgan fingerprint density at radius 1 is 1.47 bits per heavy atom. The van der Waals surface area contributed by atoms with Gasteiger partial charge >= 0.3 is 0 Å². The molecular formula is C11H15BrFNS. The maximum absolute atomic E-state index is 12.8. The van der Waals surface area contributed by atoms with Gasteiger partial charge in [0.05, 0.1) is 0 Å². The van der Waals surface area contributed by atoms with Gasteiger partial charge in [-0.15, -0.1) is 0 Å². The monoisotopic (exact) mass is 291 g/mol. The Morgan fingerprint density at radius 2 is 2.27 bits per heavy atom. The van der Waals surface area contributed by atoms with E-state index < -0.39 is 0 Å². The van der Waals surface area contributed by atoms with E-state index in [1.807, 2.05) is 11.8 Å². The molecule has 0 heterocycles. The van der Waals surface area contributed by atoms with Crippen LogP contribution in [-0.2, 0) is 0 Å². The lowest BCUT2D eigenvalue weighted by Gasteiger charge is -2.07. The van der Waals surface area contributed by atoms with Gasteiger partial charge in [0, 0.05) is 16.7 Å². The Labute approximate surface area is 103 Å². The van der Waals surface area contributed by atoms with Crippen molar-refractivity contribution in [3.8, 4) is 0 Å². The molecule has 0 saturated heterocycles. The van der Waals surface area contributed by atoms with Gasteiger partial charge in [0.15, 0.2) is 0 Å². The highest BCUT2D eigenvalue weighted by Crippen LogP contribution is 2.22. The number of thioether (sulfide) groups is 1. The third kappa shape index (κ3) is 4.89. The molecule has 0 fully saturated rings. The van der Waals surface area contributed by atoms with E-state index >= 15 is 0 Å². The first-order valence-corrected chi connectivity index (χ1v) is 6.95. The molecule has 4 heteroatoms. The number of nitrogens with one attached hydrogen (secondary N) is 1. The first-order valence-electron chi connectivity index (χ1n) is 5.00. The molecule has 0 saturated carbocycles. The van der Waals surface area contributed by atoms with Crippen molar-refractivity contribution in [2.75, 3.05) is 23.4 Å². The highest BCUT2D eigenvalue weighted by Gasteiger charge is 1.99. The van der Waals surface area contributed by atoms with Crippen LogP contribution in [-0.4, -0.2) is 18.1 Å². The molecule has 0 radical (unpaired) electrons. The Bertz CT molecular complexity index is 307. The van der Waals surface area contributed by atoms with E-state index in [-0.39, 0.29) is 5.82 Å². The summed E-state index contributed by atoms with van der Waals surface area (Å²) in [5.74, 6) is 2.12.